The molecule has 0 aliphatic heterocycles. The van der Waals surface area contributed by atoms with Crippen LogP contribution in [0.15, 0.2) is 48.5 Å². The Morgan fingerprint density at radius 1 is 1.10 bits per heavy atom. The lowest BCUT2D eigenvalue weighted by Gasteiger charge is -2.08. The second kappa shape index (κ2) is 6.70. The van der Waals surface area contributed by atoms with Gasteiger partial charge in [-0.3, -0.25) is 9.59 Å². The molecule has 2 aromatic rings. The molecule has 21 heavy (non-hydrogen) atoms. The summed E-state index contributed by atoms with van der Waals surface area (Å²) in [5.74, 6) is 0.310. The highest BCUT2D eigenvalue weighted by molar-refractivity contribution is 5.97. The first kappa shape index (κ1) is 14.8. The van der Waals surface area contributed by atoms with Crippen LogP contribution in [-0.4, -0.2) is 18.3 Å². The van der Waals surface area contributed by atoms with Gasteiger partial charge in [-0.15, -0.1) is 0 Å². The van der Waals surface area contributed by atoms with E-state index in [0.29, 0.717) is 17.0 Å². The van der Waals surface area contributed by atoms with Crippen LogP contribution in [0.2, 0.25) is 0 Å². The number of aryl methyl sites for hydroxylation is 1. The van der Waals surface area contributed by atoms with Crippen molar-refractivity contribution in [2.45, 2.75) is 13.8 Å². The molecule has 0 atom stereocenters. The highest BCUT2D eigenvalue weighted by Crippen LogP contribution is 2.17. The molecule has 0 saturated carbocycles. The van der Waals surface area contributed by atoms with E-state index in [2.05, 4.69) is 5.32 Å². The Bertz CT molecular complexity index is 647. The fourth-order valence-corrected chi connectivity index (χ4v) is 1.84. The van der Waals surface area contributed by atoms with Gasteiger partial charge in [-0.25, -0.2) is 0 Å². The molecule has 0 unspecified atom stereocenters. The van der Waals surface area contributed by atoms with Gasteiger partial charge in [0.15, 0.2) is 12.4 Å². The average molecular weight is 283 g/mol. The Morgan fingerprint density at radius 3 is 2.48 bits per heavy atom. The molecule has 2 rings (SSSR count). The van der Waals surface area contributed by atoms with Crippen LogP contribution in [0.3, 0.4) is 0 Å². The van der Waals surface area contributed by atoms with E-state index in [9.17, 15) is 9.59 Å². The predicted octanol–water partition coefficient (Wildman–Crippen LogP) is 3.22. The minimum atomic E-state index is -0.150. The number of hydrogen-bond acceptors (Lipinski definition) is 3. The van der Waals surface area contributed by atoms with E-state index in [4.69, 9.17) is 4.74 Å². The first-order valence-corrected chi connectivity index (χ1v) is 6.65. The molecular weight excluding hydrogens is 266 g/mol. The van der Waals surface area contributed by atoms with Crippen LogP contribution in [0, 0.1) is 6.92 Å². The third kappa shape index (κ3) is 4.45. The second-order valence-corrected chi connectivity index (χ2v) is 4.79. The van der Waals surface area contributed by atoms with Gasteiger partial charge in [0.25, 0.3) is 0 Å². The first-order chi connectivity index (χ1) is 10.0. The summed E-state index contributed by atoms with van der Waals surface area (Å²) in [4.78, 5) is 23.0. The maximum absolute atomic E-state index is 12.0. The number of anilines is 1. The number of rotatable bonds is 5. The van der Waals surface area contributed by atoms with Crippen LogP contribution in [0.5, 0.6) is 5.75 Å². The van der Waals surface area contributed by atoms with Crippen LogP contribution in [-0.2, 0) is 4.79 Å². The van der Waals surface area contributed by atoms with Crippen LogP contribution < -0.4 is 10.1 Å². The normalized spacial score (nSPS) is 10.0. The van der Waals surface area contributed by atoms with Crippen molar-refractivity contribution >= 4 is 17.4 Å². The lowest BCUT2D eigenvalue weighted by atomic mass is 10.1. The molecule has 108 valence electrons. The van der Waals surface area contributed by atoms with Gasteiger partial charge in [-0.1, -0.05) is 35.9 Å². The SMILES string of the molecule is CC(=O)Nc1cccc(OCC(=O)c2ccc(C)cc2)c1. The number of Topliss-reactive ketones (excluding diaryl/α,β-unsaturated/α-hetero) is 1. The number of amides is 1. The summed E-state index contributed by atoms with van der Waals surface area (Å²) in [5.41, 5.74) is 2.37. The number of ether oxygens (including phenoxy) is 1. The van der Waals surface area contributed by atoms with E-state index in [0.717, 1.165) is 5.56 Å². The average Bonchev–Trinajstić information content (AvgIpc) is 2.45. The Kier molecular flexibility index (Phi) is 4.72. The molecule has 0 aromatic heterocycles. The predicted molar refractivity (Wildman–Crippen MR) is 81.8 cm³/mol. The van der Waals surface area contributed by atoms with E-state index in [1.165, 1.54) is 6.92 Å². The number of hydrogen-bond donors (Lipinski definition) is 1. The number of carbonyl (C=O) groups excluding carboxylic acids is 2. The number of carbonyl (C=O) groups is 2. The fraction of sp³-hybridized carbons (Fsp3) is 0.176. The maximum atomic E-state index is 12.0. The zero-order chi connectivity index (χ0) is 15.2. The van der Waals surface area contributed by atoms with Crippen molar-refractivity contribution in [1.29, 1.82) is 0 Å². The lowest BCUT2D eigenvalue weighted by molar-refractivity contribution is -0.114. The maximum Gasteiger partial charge on any atom is 0.221 e. The van der Waals surface area contributed by atoms with E-state index in [1.807, 2.05) is 19.1 Å². The molecule has 0 aliphatic carbocycles. The van der Waals surface area contributed by atoms with Crippen molar-refractivity contribution in [3.63, 3.8) is 0 Å². The quantitative estimate of drug-likeness (QED) is 0.857. The minimum Gasteiger partial charge on any atom is -0.485 e. The van der Waals surface area contributed by atoms with Gasteiger partial charge in [-0.2, -0.15) is 0 Å². The van der Waals surface area contributed by atoms with Crippen LogP contribution >= 0.6 is 0 Å². The van der Waals surface area contributed by atoms with E-state index in [1.54, 1.807) is 36.4 Å². The van der Waals surface area contributed by atoms with Crippen LogP contribution in [0.1, 0.15) is 22.8 Å². The third-order valence-electron chi connectivity index (χ3n) is 2.90. The van der Waals surface area contributed by atoms with Gasteiger partial charge < -0.3 is 10.1 Å². The summed E-state index contributed by atoms with van der Waals surface area (Å²) >= 11 is 0. The summed E-state index contributed by atoms with van der Waals surface area (Å²) in [5, 5.41) is 2.67. The molecule has 0 fully saturated rings. The van der Waals surface area contributed by atoms with Gasteiger partial charge in [-0.05, 0) is 19.1 Å². The molecule has 4 heteroatoms. The highest BCUT2D eigenvalue weighted by Gasteiger charge is 2.07. The Hall–Kier alpha value is -2.62. The molecule has 1 amide bonds. The van der Waals surface area contributed by atoms with Crippen molar-refractivity contribution in [2.75, 3.05) is 11.9 Å². The molecule has 0 radical (unpaired) electrons. The Morgan fingerprint density at radius 2 is 1.81 bits per heavy atom. The summed E-state index contributed by atoms with van der Waals surface area (Å²) in [6.07, 6.45) is 0. The molecule has 2 aromatic carbocycles. The minimum absolute atomic E-state index is 0.0351. The van der Waals surface area contributed by atoms with Crippen LogP contribution in [0.25, 0.3) is 0 Å². The summed E-state index contributed by atoms with van der Waals surface area (Å²) in [7, 11) is 0. The molecule has 0 spiro atoms. The van der Waals surface area contributed by atoms with Crippen molar-refractivity contribution in [3.05, 3.63) is 59.7 Å². The molecule has 0 heterocycles. The molecule has 0 bridgehead atoms. The zero-order valence-electron chi connectivity index (χ0n) is 12.1. The molecular formula is C17H17NO3. The summed E-state index contributed by atoms with van der Waals surface area (Å²) < 4.78 is 5.47. The highest BCUT2D eigenvalue weighted by atomic mass is 16.5. The van der Waals surface area contributed by atoms with Gasteiger partial charge in [0.1, 0.15) is 5.75 Å². The van der Waals surface area contributed by atoms with Gasteiger partial charge in [0.2, 0.25) is 5.91 Å². The largest absolute Gasteiger partial charge is 0.485 e. The smallest absolute Gasteiger partial charge is 0.221 e. The standard InChI is InChI=1S/C17H17NO3/c1-12-6-8-14(9-7-12)17(20)11-21-16-5-3-4-15(10-16)18-13(2)19/h3-10H,11H2,1-2H3,(H,18,19). The van der Waals surface area contributed by atoms with E-state index >= 15 is 0 Å². The molecule has 1 N–H and O–H groups in total. The van der Waals surface area contributed by atoms with E-state index in [-0.39, 0.29) is 18.3 Å². The van der Waals surface area contributed by atoms with Gasteiger partial charge >= 0.3 is 0 Å². The Balaban J connectivity index is 1.97. The van der Waals surface area contributed by atoms with Crippen molar-refractivity contribution in [1.82, 2.24) is 0 Å². The summed E-state index contributed by atoms with van der Waals surface area (Å²) in [6, 6.07) is 14.3. The van der Waals surface area contributed by atoms with Crippen molar-refractivity contribution in [2.24, 2.45) is 0 Å². The van der Waals surface area contributed by atoms with Gasteiger partial charge in [0.05, 0.1) is 0 Å². The van der Waals surface area contributed by atoms with Crippen LogP contribution in [0.4, 0.5) is 5.69 Å². The summed E-state index contributed by atoms with van der Waals surface area (Å²) in [6.45, 7) is 3.37. The Labute approximate surface area is 123 Å². The monoisotopic (exact) mass is 283 g/mol. The van der Waals surface area contributed by atoms with Crippen molar-refractivity contribution < 1.29 is 14.3 Å². The molecule has 0 saturated heterocycles. The molecule has 4 nitrogen and oxygen atoms in total. The number of ketones is 1. The van der Waals surface area contributed by atoms with Crippen molar-refractivity contribution in [3.8, 4) is 5.75 Å². The zero-order valence-corrected chi connectivity index (χ0v) is 12.1. The fourth-order valence-electron chi connectivity index (χ4n) is 1.84. The number of benzene rings is 2. The van der Waals surface area contributed by atoms with Gasteiger partial charge in [0, 0.05) is 24.2 Å². The first-order valence-electron chi connectivity index (χ1n) is 6.65. The number of nitrogens with one attached hydrogen (secondary N) is 1. The second-order valence-electron chi connectivity index (χ2n) is 4.79. The van der Waals surface area contributed by atoms with E-state index < -0.39 is 0 Å². The topological polar surface area (TPSA) is 55.4 Å². The molecule has 0 aliphatic rings. The lowest BCUT2D eigenvalue weighted by Crippen LogP contribution is -2.12. The third-order valence-corrected chi connectivity index (χ3v) is 2.90.